The standard InChI is InChI=1S/C23H27N3O2S/c1-25-10-12-26(13-11-25)21(22-7-4-14-29-22)16-24-23(27)17-28-20-9-8-18-5-2-3-6-19(18)15-20/h2-9,14-15,21H,10-13,16-17H2,1H3,(H,24,27)/t21-/m0/s1. The van der Waals surface area contributed by atoms with Crippen molar-refractivity contribution in [3.05, 3.63) is 64.9 Å². The van der Waals surface area contributed by atoms with Crippen molar-refractivity contribution in [1.29, 1.82) is 0 Å². The lowest BCUT2D eigenvalue weighted by molar-refractivity contribution is -0.123. The summed E-state index contributed by atoms with van der Waals surface area (Å²) in [6, 6.07) is 18.5. The van der Waals surface area contributed by atoms with Gasteiger partial charge in [0.05, 0.1) is 6.04 Å². The van der Waals surface area contributed by atoms with E-state index < -0.39 is 0 Å². The Balaban J connectivity index is 1.32. The quantitative estimate of drug-likeness (QED) is 0.650. The summed E-state index contributed by atoms with van der Waals surface area (Å²) < 4.78 is 5.73. The molecular formula is C23H27N3O2S. The van der Waals surface area contributed by atoms with E-state index in [4.69, 9.17) is 4.74 Å². The largest absolute Gasteiger partial charge is 0.484 e. The summed E-state index contributed by atoms with van der Waals surface area (Å²) in [4.78, 5) is 18.5. The first kappa shape index (κ1) is 19.9. The highest BCUT2D eigenvalue weighted by atomic mass is 32.1. The first-order valence-corrected chi connectivity index (χ1v) is 10.9. The summed E-state index contributed by atoms with van der Waals surface area (Å²) in [6.07, 6.45) is 0. The molecule has 0 saturated carbocycles. The van der Waals surface area contributed by atoms with Crippen LogP contribution in [0.25, 0.3) is 10.8 Å². The molecule has 1 saturated heterocycles. The Bertz CT molecular complexity index is 936. The molecule has 0 unspecified atom stereocenters. The molecule has 29 heavy (non-hydrogen) atoms. The molecule has 2 aromatic carbocycles. The number of amides is 1. The molecule has 0 bridgehead atoms. The summed E-state index contributed by atoms with van der Waals surface area (Å²) in [5.74, 6) is 0.626. The van der Waals surface area contributed by atoms with Crippen molar-refractivity contribution in [3.8, 4) is 5.75 Å². The molecule has 4 rings (SSSR count). The molecule has 2 heterocycles. The Morgan fingerprint density at radius 1 is 1.07 bits per heavy atom. The number of thiophene rings is 1. The fourth-order valence-electron chi connectivity index (χ4n) is 3.69. The smallest absolute Gasteiger partial charge is 0.258 e. The number of ether oxygens (including phenoxy) is 1. The van der Waals surface area contributed by atoms with E-state index in [1.54, 1.807) is 11.3 Å². The van der Waals surface area contributed by atoms with Gasteiger partial charge in [0.1, 0.15) is 5.75 Å². The number of hydrogen-bond acceptors (Lipinski definition) is 5. The Morgan fingerprint density at radius 3 is 2.62 bits per heavy atom. The number of rotatable bonds is 7. The fraction of sp³-hybridized carbons (Fsp3) is 0.348. The second-order valence-electron chi connectivity index (χ2n) is 7.47. The molecule has 3 aromatic rings. The van der Waals surface area contributed by atoms with Crippen LogP contribution < -0.4 is 10.1 Å². The highest BCUT2D eigenvalue weighted by Crippen LogP contribution is 2.25. The van der Waals surface area contributed by atoms with E-state index in [2.05, 4.69) is 45.7 Å². The molecule has 0 spiro atoms. The zero-order valence-electron chi connectivity index (χ0n) is 16.7. The summed E-state index contributed by atoms with van der Waals surface area (Å²) in [5, 5.41) is 7.45. The van der Waals surface area contributed by atoms with E-state index in [1.807, 2.05) is 36.4 Å². The summed E-state index contributed by atoms with van der Waals surface area (Å²) in [6.45, 7) is 4.77. The molecule has 1 amide bonds. The Kier molecular flexibility index (Phi) is 6.44. The lowest BCUT2D eigenvalue weighted by Gasteiger charge is -2.37. The highest BCUT2D eigenvalue weighted by molar-refractivity contribution is 7.10. The molecule has 1 N–H and O–H groups in total. The van der Waals surface area contributed by atoms with Gasteiger partial charge in [0.25, 0.3) is 5.91 Å². The van der Waals surface area contributed by atoms with Crippen molar-refractivity contribution in [2.24, 2.45) is 0 Å². The third-order valence-corrected chi connectivity index (χ3v) is 6.41. The van der Waals surface area contributed by atoms with E-state index in [0.29, 0.717) is 12.3 Å². The average molecular weight is 410 g/mol. The van der Waals surface area contributed by atoms with E-state index in [0.717, 1.165) is 37.0 Å². The van der Waals surface area contributed by atoms with Crippen LogP contribution in [0, 0.1) is 0 Å². The van der Waals surface area contributed by atoms with Gasteiger partial charge in [-0.3, -0.25) is 9.69 Å². The van der Waals surface area contributed by atoms with Gasteiger partial charge in [-0.25, -0.2) is 0 Å². The SMILES string of the molecule is CN1CCN([C@@H](CNC(=O)COc2ccc3ccccc3c2)c2cccs2)CC1. The van der Waals surface area contributed by atoms with Crippen LogP contribution >= 0.6 is 11.3 Å². The van der Waals surface area contributed by atoms with Crippen molar-refractivity contribution in [2.45, 2.75) is 6.04 Å². The molecular weight excluding hydrogens is 382 g/mol. The van der Waals surface area contributed by atoms with E-state index in [1.165, 1.54) is 4.88 Å². The lowest BCUT2D eigenvalue weighted by atomic mass is 10.1. The predicted molar refractivity (Wildman–Crippen MR) is 119 cm³/mol. The number of carbonyl (C=O) groups excluding carboxylic acids is 1. The van der Waals surface area contributed by atoms with Crippen LogP contribution in [0.3, 0.4) is 0 Å². The topological polar surface area (TPSA) is 44.8 Å². The molecule has 1 fully saturated rings. The predicted octanol–water partition coefficient (Wildman–Crippen LogP) is 3.39. The van der Waals surface area contributed by atoms with Crippen molar-refractivity contribution in [2.75, 3.05) is 46.4 Å². The van der Waals surface area contributed by atoms with Crippen LogP contribution in [0.4, 0.5) is 0 Å². The second kappa shape index (κ2) is 9.39. The Morgan fingerprint density at radius 2 is 1.86 bits per heavy atom. The van der Waals surface area contributed by atoms with Gasteiger partial charge in [0.15, 0.2) is 6.61 Å². The maximum absolute atomic E-state index is 12.4. The Labute approximate surface area is 175 Å². The first-order valence-electron chi connectivity index (χ1n) is 10.0. The van der Waals surface area contributed by atoms with Crippen LogP contribution in [0.1, 0.15) is 10.9 Å². The number of nitrogens with zero attached hydrogens (tertiary/aromatic N) is 2. The lowest BCUT2D eigenvalue weighted by Crippen LogP contribution is -2.48. The van der Waals surface area contributed by atoms with Gasteiger partial charge in [-0.1, -0.05) is 36.4 Å². The zero-order chi connectivity index (χ0) is 20.1. The van der Waals surface area contributed by atoms with Crippen LogP contribution in [-0.4, -0.2) is 62.1 Å². The summed E-state index contributed by atoms with van der Waals surface area (Å²) in [7, 11) is 2.16. The number of likely N-dealkylation sites (N-methyl/N-ethyl adjacent to an activating group) is 1. The molecule has 152 valence electrons. The third-order valence-electron chi connectivity index (χ3n) is 5.43. The number of hydrogen-bond donors (Lipinski definition) is 1. The van der Waals surface area contributed by atoms with Crippen LogP contribution in [-0.2, 0) is 4.79 Å². The van der Waals surface area contributed by atoms with Gasteiger partial charge < -0.3 is 15.0 Å². The van der Waals surface area contributed by atoms with Gasteiger partial charge in [0, 0.05) is 37.6 Å². The van der Waals surface area contributed by atoms with E-state index in [-0.39, 0.29) is 18.6 Å². The number of fused-ring (bicyclic) bond motifs is 1. The maximum atomic E-state index is 12.4. The zero-order valence-corrected chi connectivity index (χ0v) is 17.5. The minimum absolute atomic E-state index is 0.0260. The molecule has 5 nitrogen and oxygen atoms in total. The van der Waals surface area contributed by atoms with Crippen LogP contribution in [0.5, 0.6) is 5.75 Å². The van der Waals surface area contributed by atoms with Crippen molar-refractivity contribution < 1.29 is 9.53 Å². The molecule has 6 heteroatoms. The number of piperazine rings is 1. The highest BCUT2D eigenvalue weighted by Gasteiger charge is 2.25. The third kappa shape index (κ3) is 5.15. The van der Waals surface area contributed by atoms with E-state index in [9.17, 15) is 4.79 Å². The fourth-order valence-corrected chi connectivity index (χ4v) is 4.55. The molecule has 0 radical (unpaired) electrons. The Hall–Kier alpha value is -2.41. The van der Waals surface area contributed by atoms with Gasteiger partial charge in [-0.05, 0) is 41.4 Å². The van der Waals surface area contributed by atoms with Crippen molar-refractivity contribution in [1.82, 2.24) is 15.1 Å². The normalized spacial score (nSPS) is 16.6. The second-order valence-corrected chi connectivity index (χ2v) is 8.45. The van der Waals surface area contributed by atoms with Crippen molar-refractivity contribution in [3.63, 3.8) is 0 Å². The first-order chi connectivity index (χ1) is 14.2. The molecule has 1 atom stereocenters. The minimum atomic E-state index is -0.0890. The molecule has 1 aromatic heterocycles. The minimum Gasteiger partial charge on any atom is -0.484 e. The van der Waals surface area contributed by atoms with Gasteiger partial charge in [-0.2, -0.15) is 0 Å². The maximum Gasteiger partial charge on any atom is 0.258 e. The number of nitrogens with one attached hydrogen (secondary N) is 1. The van der Waals surface area contributed by atoms with Crippen molar-refractivity contribution >= 4 is 28.0 Å². The van der Waals surface area contributed by atoms with Gasteiger partial charge in [0.2, 0.25) is 0 Å². The van der Waals surface area contributed by atoms with Crippen LogP contribution in [0.15, 0.2) is 60.0 Å². The number of carbonyl (C=O) groups is 1. The monoisotopic (exact) mass is 409 g/mol. The number of benzene rings is 2. The van der Waals surface area contributed by atoms with Gasteiger partial charge >= 0.3 is 0 Å². The van der Waals surface area contributed by atoms with Crippen LogP contribution in [0.2, 0.25) is 0 Å². The average Bonchev–Trinajstić information content (AvgIpc) is 3.28. The summed E-state index contributed by atoms with van der Waals surface area (Å²) >= 11 is 1.75. The molecule has 1 aliphatic heterocycles. The molecule has 0 aliphatic carbocycles. The van der Waals surface area contributed by atoms with E-state index >= 15 is 0 Å². The molecule has 1 aliphatic rings. The van der Waals surface area contributed by atoms with Gasteiger partial charge in [-0.15, -0.1) is 11.3 Å². The summed E-state index contributed by atoms with van der Waals surface area (Å²) in [5.41, 5.74) is 0.